The van der Waals surface area contributed by atoms with Crippen LogP contribution in [0.25, 0.3) is 0 Å². The predicted molar refractivity (Wildman–Crippen MR) is 92.9 cm³/mol. The Bertz CT molecular complexity index is 817. The molecule has 1 N–H and O–H groups in total. The van der Waals surface area contributed by atoms with Crippen LogP contribution in [-0.4, -0.2) is 30.8 Å². The van der Waals surface area contributed by atoms with Crippen molar-refractivity contribution >= 4 is 23.5 Å². The minimum Gasteiger partial charge on any atom is -0.493 e. The fourth-order valence-corrected chi connectivity index (χ4v) is 3.10. The Balaban J connectivity index is 1.84. The SMILES string of the molecule is COc1cc(N2CCc3cc(C(=O)NSC)ncc3C2)cc(F)c1F. The van der Waals surface area contributed by atoms with Crippen LogP contribution in [0.1, 0.15) is 21.6 Å². The molecule has 2 heterocycles. The molecule has 1 aliphatic heterocycles. The summed E-state index contributed by atoms with van der Waals surface area (Å²) < 4.78 is 34.9. The molecule has 3 rings (SSSR count). The maximum atomic E-state index is 13.8. The third kappa shape index (κ3) is 3.53. The minimum absolute atomic E-state index is 0.122. The Kier molecular flexibility index (Phi) is 5.08. The molecular formula is C17H17F2N3O2S. The van der Waals surface area contributed by atoms with E-state index in [9.17, 15) is 13.6 Å². The van der Waals surface area contributed by atoms with Crippen molar-refractivity contribution < 1.29 is 18.3 Å². The number of aromatic nitrogens is 1. The molecule has 5 nitrogen and oxygen atoms in total. The number of halogens is 2. The van der Waals surface area contributed by atoms with E-state index < -0.39 is 11.6 Å². The number of amides is 1. The van der Waals surface area contributed by atoms with Gasteiger partial charge in [-0.15, -0.1) is 0 Å². The van der Waals surface area contributed by atoms with E-state index in [0.717, 1.165) is 17.2 Å². The Hall–Kier alpha value is -2.35. The monoisotopic (exact) mass is 365 g/mol. The zero-order valence-electron chi connectivity index (χ0n) is 13.8. The standard InChI is InChI=1S/C17H17F2N3O2S/c1-24-15-7-12(6-13(18)16(15)19)22-4-3-10-5-14(17(23)21-25-2)20-8-11(10)9-22/h5-8H,3-4,9H2,1-2H3,(H,21,23). The number of pyridine rings is 1. The highest BCUT2D eigenvalue weighted by Gasteiger charge is 2.21. The molecule has 0 bridgehead atoms. The molecule has 132 valence electrons. The molecule has 0 unspecified atom stereocenters. The highest BCUT2D eigenvalue weighted by atomic mass is 32.2. The van der Waals surface area contributed by atoms with Gasteiger partial charge in [0.1, 0.15) is 5.69 Å². The van der Waals surface area contributed by atoms with Crippen molar-refractivity contribution in [3.63, 3.8) is 0 Å². The summed E-state index contributed by atoms with van der Waals surface area (Å²) >= 11 is 1.22. The molecular weight excluding hydrogens is 348 g/mol. The second-order valence-corrected chi connectivity index (χ2v) is 6.20. The fraction of sp³-hybridized carbons (Fsp3) is 0.294. The molecule has 0 radical (unpaired) electrons. The van der Waals surface area contributed by atoms with Crippen molar-refractivity contribution in [3.05, 3.63) is 52.9 Å². The Morgan fingerprint density at radius 3 is 2.84 bits per heavy atom. The third-order valence-corrected chi connectivity index (χ3v) is 4.48. The van der Waals surface area contributed by atoms with E-state index in [1.54, 1.807) is 18.5 Å². The van der Waals surface area contributed by atoms with Crippen LogP contribution in [0.5, 0.6) is 5.75 Å². The van der Waals surface area contributed by atoms with Gasteiger partial charge in [-0.05, 0) is 23.6 Å². The van der Waals surface area contributed by atoms with Crippen LogP contribution in [-0.2, 0) is 13.0 Å². The number of carbonyl (C=O) groups excluding carboxylic acids is 1. The molecule has 0 atom stereocenters. The zero-order chi connectivity index (χ0) is 18.0. The Morgan fingerprint density at radius 1 is 1.32 bits per heavy atom. The van der Waals surface area contributed by atoms with E-state index in [1.165, 1.54) is 25.1 Å². The lowest BCUT2D eigenvalue weighted by Crippen LogP contribution is -2.31. The number of nitrogens with zero attached hydrogens (tertiary/aromatic N) is 2. The fourth-order valence-electron chi connectivity index (χ4n) is 2.81. The largest absolute Gasteiger partial charge is 0.493 e. The van der Waals surface area contributed by atoms with E-state index in [0.29, 0.717) is 30.9 Å². The highest BCUT2D eigenvalue weighted by molar-refractivity contribution is 7.97. The first-order valence-corrected chi connectivity index (χ1v) is 8.85. The van der Waals surface area contributed by atoms with E-state index in [1.807, 2.05) is 4.90 Å². The number of methoxy groups -OCH3 is 1. The second kappa shape index (κ2) is 7.26. The van der Waals surface area contributed by atoms with Gasteiger partial charge < -0.3 is 9.64 Å². The molecule has 0 spiro atoms. The van der Waals surface area contributed by atoms with Crippen molar-refractivity contribution in [3.8, 4) is 5.75 Å². The van der Waals surface area contributed by atoms with Gasteiger partial charge in [-0.2, -0.15) is 4.39 Å². The number of rotatable bonds is 4. The van der Waals surface area contributed by atoms with Crippen LogP contribution < -0.4 is 14.4 Å². The molecule has 0 saturated heterocycles. The summed E-state index contributed by atoms with van der Waals surface area (Å²) in [5.41, 5.74) is 2.91. The van der Waals surface area contributed by atoms with Crippen LogP contribution in [0.3, 0.4) is 0 Å². The molecule has 0 saturated carbocycles. The summed E-state index contributed by atoms with van der Waals surface area (Å²) in [7, 11) is 1.30. The van der Waals surface area contributed by atoms with Gasteiger partial charge in [-0.3, -0.25) is 14.5 Å². The van der Waals surface area contributed by atoms with Crippen molar-refractivity contribution in [1.82, 2.24) is 9.71 Å². The first kappa shape index (κ1) is 17.5. The molecule has 1 amide bonds. The van der Waals surface area contributed by atoms with Crippen LogP contribution in [0, 0.1) is 11.6 Å². The van der Waals surface area contributed by atoms with Crippen LogP contribution in [0.15, 0.2) is 24.4 Å². The summed E-state index contributed by atoms with van der Waals surface area (Å²) in [6.07, 6.45) is 4.11. The van der Waals surface area contributed by atoms with Crippen molar-refractivity contribution in [1.29, 1.82) is 0 Å². The number of hydrogen-bond acceptors (Lipinski definition) is 5. The van der Waals surface area contributed by atoms with Gasteiger partial charge in [0, 0.05) is 43.4 Å². The summed E-state index contributed by atoms with van der Waals surface area (Å²) in [6.45, 7) is 1.12. The lowest BCUT2D eigenvalue weighted by molar-refractivity contribution is 0.0979. The summed E-state index contributed by atoms with van der Waals surface area (Å²) in [6, 6.07) is 4.43. The number of carbonyl (C=O) groups is 1. The van der Waals surface area contributed by atoms with E-state index in [4.69, 9.17) is 4.74 Å². The van der Waals surface area contributed by atoms with Gasteiger partial charge in [0.15, 0.2) is 11.6 Å². The molecule has 2 aromatic rings. The molecule has 1 aromatic heterocycles. The molecule has 1 aromatic carbocycles. The second-order valence-electron chi connectivity index (χ2n) is 5.59. The molecule has 1 aliphatic rings. The quantitative estimate of drug-likeness (QED) is 0.845. The maximum Gasteiger partial charge on any atom is 0.279 e. The van der Waals surface area contributed by atoms with Crippen LogP contribution in [0.4, 0.5) is 14.5 Å². The number of benzene rings is 1. The lowest BCUT2D eigenvalue weighted by Gasteiger charge is -2.31. The minimum atomic E-state index is -0.991. The zero-order valence-corrected chi connectivity index (χ0v) is 14.6. The molecule has 0 fully saturated rings. The van der Waals surface area contributed by atoms with Crippen molar-refractivity contribution in [2.45, 2.75) is 13.0 Å². The summed E-state index contributed by atoms with van der Waals surface area (Å²) in [5.74, 6) is -2.29. The molecule has 0 aliphatic carbocycles. The Labute approximate surface area is 148 Å². The predicted octanol–water partition coefficient (Wildman–Crippen LogP) is 2.94. The smallest absolute Gasteiger partial charge is 0.279 e. The van der Waals surface area contributed by atoms with Gasteiger partial charge in [-0.25, -0.2) is 4.39 Å². The Morgan fingerprint density at radius 2 is 2.12 bits per heavy atom. The van der Waals surface area contributed by atoms with E-state index in [-0.39, 0.29) is 11.7 Å². The van der Waals surface area contributed by atoms with Gasteiger partial charge in [0.2, 0.25) is 5.82 Å². The first-order chi connectivity index (χ1) is 12.0. The average molecular weight is 365 g/mol. The third-order valence-electron chi connectivity index (χ3n) is 4.09. The summed E-state index contributed by atoms with van der Waals surface area (Å²) in [5, 5.41) is 0. The maximum absolute atomic E-state index is 13.8. The first-order valence-electron chi connectivity index (χ1n) is 7.62. The van der Waals surface area contributed by atoms with E-state index in [2.05, 4.69) is 9.71 Å². The topological polar surface area (TPSA) is 54.5 Å². The van der Waals surface area contributed by atoms with E-state index >= 15 is 0 Å². The number of fused-ring (bicyclic) bond motifs is 1. The number of hydrogen-bond donors (Lipinski definition) is 1. The van der Waals surface area contributed by atoms with Crippen LogP contribution in [0.2, 0.25) is 0 Å². The van der Waals surface area contributed by atoms with Gasteiger partial charge in [-0.1, -0.05) is 11.9 Å². The molecule has 8 heteroatoms. The highest BCUT2D eigenvalue weighted by Crippen LogP contribution is 2.30. The molecule has 25 heavy (non-hydrogen) atoms. The summed E-state index contributed by atoms with van der Waals surface area (Å²) in [4.78, 5) is 18.0. The van der Waals surface area contributed by atoms with Crippen molar-refractivity contribution in [2.75, 3.05) is 24.8 Å². The van der Waals surface area contributed by atoms with Crippen LogP contribution >= 0.6 is 11.9 Å². The average Bonchev–Trinajstić information content (AvgIpc) is 2.63. The normalized spacial score (nSPS) is 13.4. The van der Waals surface area contributed by atoms with Gasteiger partial charge >= 0.3 is 0 Å². The lowest BCUT2D eigenvalue weighted by atomic mass is 10.0. The number of anilines is 1. The number of ether oxygens (including phenoxy) is 1. The number of nitrogens with one attached hydrogen (secondary N) is 1. The van der Waals surface area contributed by atoms with Gasteiger partial charge in [0.05, 0.1) is 7.11 Å². The van der Waals surface area contributed by atoms with Gasteiger partial charge in [0.25, 0.3) is 5.91 Å². The van der Waals surface area contributed by atoms with Crippen molar-refractivity contribution in [2.24, 2.45) is 0 Å².